The summed E-state index contributed by atoms with van der Waals surface area (Å²) in [7, 11) is 11.8. The average molecular weight is 1710 g/mol. The Morgan fingerprint density at radius 2 is 1.07 bits per heavy atom. The van der Waals surface area contributed by atoms with Crippen molar-refractivity contribution in [1.82, 2.24) is 83.6 Å². The number of hydrogen-bond acceptors (Lipinski definition) is 26. The summed E-state index contributed by atoms with van der Waals surface area (Å²) in [5.41, 5.74) is 5.93. The number of nitrogens with one attached hydrogen (secondary N) is 9. The van der Waals surface area contributed by atoms with Crippen molar-refractivity contribution in [3.8, 4) is 16.9 Å². The van der Waals surface area contributed by atoms with Crippen LogP contribution in [-0.4, -0.2) is 275 Å². The maximum absolute atomic E-state index is 13.3. The first kappa shape index (κ1) is 93.4. The molecule has 1 atom stereocenters. The van der Waals surface area contributed by atoms with Crippen molar-refractivity contribution in [2.75, 3.05) is 186 Å². The lowest BCUT2D eigenvalue weighted by molar-refractivity contribution is -0.122. The molecule has 9 aromatic rings. The van der Waals surface area contributed by atoms with E-state index in [2.05, 4.69) is 90.4 Å². The molecule has 8 aromatic heterocycles. The SMILES string of the molecule is COC[C@@H](C)n1c(C2CCOCC2)nc2cnc3cc(-c4c(C)noc4C)c(OCCOCCOCCOCCOCCOCCOCCC(=O)NCCCN(C)CCCNC(=O)CCNC(=O)c4nc(NC(=O)CCNC(=O)c5cc(NC(=O)c6nc(NC(=O)CCC(=O)Nc7cc(NC(=O)c8nccn8C)cn7C)cn6C)cn5C)cn4C)cc3c21. The Labute approximate surface area is 711 Å². The first-order valence-corrected chi connectivity index (χ1v) is 41.0. The van der Waals surface area contributed by atoms with Gasteiger partial charge in [0.25, 0.3) is 23.6 Å². The number of fused-ring (bicyclic) bond motifs is 3. The van der Waals surface area contributed by atoms with E-state index < -0.39 is 41.4 Å². The number of ether oxygens (including phenoxy) is 9. The van der Waals surface area contributed by atoms with Gasteiger partial charge in [-0.05, 0) is 84.8 Å². The minimum Gasteiger partial charge on any atom is -0.491 e. The van der Waals surface area contributed by atoms with Crippen LogP contribution >= 0.6 is 0 Å². The lowest BCUT2D eigenvalue weighted by Crippen LogP contribution is -2.33. The quantitative estimate of drug-likeness (QED) is 0.0224. The number of amides is 9. The van der Waals surface area contributed by atoms with Gasteiger partial charge in [-0.1, -0.05) is 5.16 Å². The number of carbonyl (C=O) groups is 9. The molecule has 1 fully saturated rings. The number of aryl methyl sites for hydroxylation is 7. The van der Waals surface area contributed by atoms with Crippen LogP contribution < -0.4 is 52.6 Å². The fourth-order valence-electron chi connectivity index (χ4n) is 13.7. The van der Waals surface area contributed by atoms with Gasteiger partial charge in [-0.15, -0.1) is 0 Å². The fraction of sp³-hybridized carbons (Fsp3) is 0.524. The fourth-order valence-corrected chi connectivity index (χ4v) is 13.7. The summed E-state index contributed by atoms with van der Waals surface area (Å²) in [5.74, 6) is -0.662. The van der Waals surface area contributed by atoms with E-state index in [4.69, 9.17) is 57.1 Å². The van der Waals surface area contributed by atoms with Crippen LogP contribution in [0.3, 0.4) is 0 Å². The van der Waals surface area contributed by atoms with Gasteiger partial charge < -0.3 is 127 Å². The van der Waals surface area contributed by atoms with Gasteiger partial charge >= 0.3 is 0 Å². The second-order valence-corrected chi connectivity index (χ2v) is 29.6. The van der Waals surface area contributed by atoms with Gasteiger partial charge in [0.15, 0.2) is 17.5 Å². The van der Waals surface area contributed by atoms with Gasteiger partial charge in [0.2, 0.25) is 41.2 Å². The Bertz CT molecular complexity index is 5010. The lowest BCUT2D eigenvalue weighted by Gasteiger charge is -2.25. The highest BCUT2D eigenvalue weighted by molar-refractivity contribution is 6.07. The van der Waals surface area contributed by atoms with Crippen molar-refractivity contribution in [2.45, 2.75) is 90.5 Å². The molecule has 1 aliphatic rings. The average Bonchev–Trinajstić information content (AvgIpc) is 1.65. The molecule has 666 valence electrons. The number of nitrogens with zero attached hydrogens (tertiary/aromatic N) is 13. The van der Waals surface area contributed by atoms with Crippen molar-refractivity contribution in [3.05, 3.63) is 108 Å². The zero-order chi connectivity index (χ0) is 87.7. The molecule has 41 nitrogen and oxygen atoms in total. The Morgan fingerprint density at radius 1 is 0.528 bits per heavy atom. The molecule has 0 unspecified atom stereocenters. The first-order valence-electron chi connectivity index (χ1n) is 41.0. The normalized spacial score (nSPS) is 12.6. The van der Waals surface area contributed by atoms with Gasteiger partial charge in [0, 0.05) is 174 Å². The van der Waals surface area contributed by atoms with Crippen LogP contribution in [0.4, 0.5) is 28.8 Å². The maximum Gasteiger partial charge on any atom is 0.291 e. The molecule has 10 rings (SSSR count). The van der Waals surface area contributed by atoms with E-state index >= 15 is 0 Å². The zero-order valence-corrected chi connectivity index (χ0v) is 71.5. The highest BCUT2D eigenvalue weighted by atomic mass is 16.6. The monoisotopic (exact) mass is 1710 g/mol. The first-order chi connectivity index (χ1) is 59.4. The number of carbonyl (C=O) groups excluding carboxylic acids is 9. The third-order valence-electron chi connectivity index (χ3n) is 19.9. The summed E-state index contributed by atoms with van der Waals surface area (Å²) in [6, 6.07) is 7.12. The Balaban J connectivity index is 0.485. The Kier molecular flexibility index (Phi) is 36.1. The van der Waals surface area contributed by atoms with Crippen molar-refractivity contribution >= 4 is 104 Å². The molecule has 9 amide bonds. The number of imidazole rings is 4. The number of rotatable bonds is 53. The van der Waals surface area contributed by atoms with Gasteiger partial charge in [0.1, 0.15) is 41.0 Å². The lowest BCUT2D eigenvalue weighted by atomic mass is 9.99. The molecule has 1 aliphatic heterocycles. The van der Waals surface area contributed by atoms with Crippen molar-refractivity contribution < 1.29 is 90.3 Å². The largest absolute Gasteiger partial charge is 0.491 e. The highest BCUT2D eigenvalue weighted by Gasteiger charge is 2.29. The number of anilines is 5. The molecule has 0 saturated carbocycles. The smallest absolute Gasteiger partial charge is 0.291 e. The van der Waals surface area contributed by atoms with Crippen LogP contribution in [0, 0.1) is 13.8 Å². The Morgan fingerprint density at radius 3 is 1.65 bits per heavy atom. The van der Waals surface area contributed by atoms with Gasteiger partial charge in [0.05, 0.1) is 132 Å². The van der Waals surface area contributed by atoms with Gasteiger partial charge in [-0.3, -0.25) is 48.1 Å². The van der Waals surface area contributed by atoms with Crippen LogP contribution in [0.1, 0.15) is 136 Å². The van der Waals surface area contributed by atoms with Crippen molar-refractivity contribution in [1.29, 1.82) is 0 Å². The van der Waals surface area contributed by atoms with Crippen LogP contribution in [0.5, 0.6) is 5.75 Å². The molecule has 0 spiro atoms. The minimum absolute atomic E-state index is 0.00207. The summed E-state index contributed by atoms with van der Waals surface area (Å²) in [5, 5.41) is 29.6. The second kappa shape index (κ2) is 47.6. The molecular weight excluding hydrogens is 1600 g/mol. The number of hydrogen-bond donors (Lipinski definition) is 9. The van der Waals surface area contributed by atoms with E-state index in [1.165, 1.54) is 44.6 Å². The third-order valence-corrected chi connectivity index (χ3v) is 19.9. The molecule has 123 heavy (non-hydrogen) atoms. The molecule has 0 aliphatic carbocycles. The van der Waals surface area contributed by atoms with Crippen LogP contribution in [0.2, 0.25) is 0 Å². The molecular formula is C82H114N22O19. The number of pyridine rings is 1. The van der Waals surface area contributed by atoms with E-state index in [1.54, 1.807) is 69.9 Å². The number of benzene rings is 1. The third kappa shape index (κ3) is 28.1. The van der Waals surface area contributed by atoms with Gasteiger partial charge in [-0.2, -0.15) is 0 Å². The summed E-state index contributed by atoms with van der Waals surface area (Å²) in [6.45, 7) is 15.1. The summed E-state index contributed by atoms with van der Waals surface area (Å²) < 4.78 is 67.3. The molecule has 1 saturated heterocycles. The predicted molar refractivity (Wildman–Crippen MR) is 453 cm³/mol. The highest BCUT2D eigenvalue weighted by Crippen LogP contribution is 2.41. The van der Waals surface area contributed by atoms with E-state index in [0.717, 1.165) is 70.4 Å². The van der Waals surface area contributed by atoms with Crippen molar-refractivity contribution in [2.24, 2.45) is 35.2 Å². The molecule has 9 heterocycles. The van der Waals surface area contributed by atoms with Gasteiger partial charge in [-0.25, -0.2) is 19.9 Å². The van der Waals surface area contributed by atoms with E-state index in [-0.39, 0.29) is 116 Å². The van der Waals surface area contributed by atoms with E-state index in [9.17, 15) is 43.2 Å². The van der Waals surface area contributed by atoms with Crippen molar-refractivity contribution in [3.63, 3.8) is 0 Å². The van der Waals surface area contributed by atoms with E-state index in [1.807, 2.05) is 33.2 Å². The van der Waals surface area contributed by atoms with Crippen LogP contribution in [0.25, 0.3) is 33.1 Å². The summed E-state index contributed by atoms with van der Waals surface area (Å²) >= 11 is 0. The minimum atomic E-state index is -0.646. The second-order valence-electron chi connectivity index (χ2n) is 29.6. The molecule has 9 N–H and O–H groups in total. The zero-order valence-electron chi connectivity index (χ0n) is 71.5. The number of methoxy groups -OCH3 is 1. The van der Waals surface area contributed by atoms with E-state index in [0.29, 0.717) is 148 Å². The molecule has 41 heteroatoms. The summed E-state index contributed by atoms with van der Waals surface area (Å²) in [4.78, 5) is 140. The maximum atomic E-state index is 13.3. The molecule has 0 bridgehead atoms. The molecule has 1 aromatic carbocycles. The molecule has 0 radical (unpaired) electrons. The van der Waals surface area contributed by atoms with Crippen LogP contribution in [-0.2, 0) is 97.1 Å². The standard InChI is InChI=1S/C82H114N22O19/c1-53(52-114-10)104-74-59-46-64(60(73-54(2)97-123-55(73)3)45-61(59)88-47-62(74)91-75(104)56-17-28-115-29-18-56)122-42-41-121-40-39-120-38-37-119-36-35-118-34-33-117-32-31-116-30-19-69(106)84-21-12-26-98(4)25-11-20-83-68(105)15-22-87-80(111)77-94-66(50-102(77)8)93-72(109)16-23-86-79(110)63-43-57(48-100(63)6)89-82(113)78-95-65(51-103(78)9)92-70(107)13-14-71(108)96-67-44-58(49-101(67)7)90-81(112)76-85-24-27-99(76)5/h24,27,43-51,53,56H,11-23,25-26,28-42,52H2,1-10H3,(H,83,105)(H,84,106)(H,86,110)(H,87,111)(H,89,113)(H,90,112)(H,92,107)(H,93,109)(H,96,108)/t53-/m1/s1. The predicted octanol–water partition coefficient (Wildman–Crippen LogP) is 5.09. The topological polar surface area (TPSA) is 468 Å². The number of aromatic nitrogens is 12. The Hall–Kier alpha value is -11.8. The summed E-state index contributed by atoms with van der Waals surface area (Å²) in [6.07, 6.45) is 14.0. The van der Waals surface area contributed by atoms with Crippen LogP contribution in [0.15, 0.2) is 72.2 Å².